The van der Waals surface area contributed by atoms with Crippen LogP contribution in [0.1, 0.15) is 25.3 Å². The smallest absolute Gasteiger partial charge is 0.179 e. The standard InChI is InChI=1S/C15H22ClNO3S/c1-11(21(2)18)4-5-17-10-12-8-13(16)15-14(9-12)19-6-3-7-20-15/h8-9,11,17H,3-7,10H2,1-2H3. The van der Waals surface area contributed by atoms with E-state index in [1.54, 1.807) is 6.26 Å². The molecule has 0 spiro atoms. The van der Waals surface area contributed by atoms with Crippen LogP contribution in [-0.2, 0) is 17.3 Å². The van der Waals surface area contributed by atoms with Crippen molar-refractivity contribution in [1.82, 2.24) is 5.32 Å². The van der Waals surface area contributed by atoms with Crippen LogP contribution in [0.15, 0.2) is 12.1 Å². The van der Waals surface area contributed by atoms with E-state index >= 15 is 0 Å². The summed E-state index contributed by atoms with van der Waals surface area (Å²) in [6.07, 6.45) is 3.50. The van der Waals surface area contributed by atoms with Gasteiger partial charge < -0.3 is 14.8 Å². The second-order valence-corrected chi connectivity index (χ2v) is 7.44. The number of hydrogen-bond donors (Lipinski definition) is 1. The van der Waals surface area contributed by atoms with E-state index in [-0.39, 0.29) is 5.25 Å². The number of ether oxygens (including phenoxy) is 2. The lowest BCUT2D eigenvalue weighted by Crippen LogP contribution is -2.21. The van der Waals surface area contributed by atoms with Crippen molar-refractivity contribution in [2.24, 2.45) is 0 Å². The van der Waals surface area contributed by atoms with Crippen LogP contribution in [0, 0.1) is 0 Å². The van der Waals surface area contributed by atoms with Crippen LogP contribution in [0.25, 0.3) is 0 Å². The Morgan fingerprint density at radius 3 is 2.90 bits per heavy atom. The number of benzene rings is 1. The summed E-state index contributed by atoms with van der Waals surface area (Å²) < 4.78 is 22.6. The van der Waals surface area contributed by atoms with Gasteiger partial charge in [-0.25, -0.2) is 0 Å². The number of halogens is 1. The van der Waals surface area contributed by atoms with Crippen LogP contribution in [0.2, 0.25) is 5.02 Å². The molecule has 2 atom stereocenters. The summed E-state index contributed by atoms with van der Waals surface area (Å²) in [5.41, 5.74) is 1.06. The topological polar surface area (TPSA) is 47.6 Å². The van der Waals surface area contributed by atoms with Crippen molar-refractivity contribution in [3.8, 4) is 11.5 Å². The van der Waals surface area contributed by atoms with Gasteiger partial charge in [-0.15, -0.1) is 0 Å². The third-order valence-electron chi connectivity index (χ3n) is 3.49. The molecule has 2 unspecified atom stereocenters. The molecule has 1 aliphatic rings. The first kappa shape index (κ1) is 16.6. The zero-order chi connectivity index (χ0) is 15.2. The predicted molar refractivity (Wildman–Crippen MR) is 86.9 cm³/mol. The molecule has 0 aliphatic carbocycles. The van der Waals surface area contributed by atoms with E-state index < -0.39 is 10.8 Å². The molecule has 0 fully saturated rings. The molecule has 21 heavy (non-hydrogen) atoms. The van der Waals surface area contributed by atoms with E-state index in [4.69, 9.17) is 21.1 Å². The van der Waals surface area contributed by atoms with E-state index in [2.05, 4.69) is 5.32 Å². The Morgan fingerprint density at radius 2 is 2.14 bits per heavy atom. The summed E-state index contributed by atoms with van der Waals surface area (Å²) in [5, 5.41) is 4.15. The Bertz CT molecular complexity index is 510. The van der Waals surface area contributed by atoms with Gasteiger partial charge >= 0.3 is 0 Å². The Kier molecular flexibility index (Phi) is 6.33. The first-order valence-corrected chi connectivity index (χ1v) is 9.19. The van der Waals surface area contributed by atoms with Crippen molar-refractivity contribution < 1.29 is 13.7 Å². The lowest BCUT2D eigenvalue weighted by molar-refractivity contribution is 0.297. The molecule has 0 aromatic heterocycles. The second-order valence-electron chi connectivity index (χ2n) is 5.23. The first-order valence-electron chi connectivity index (χ1n) is 7.19. The van der Waals surface area contributed by atoms with Crippen molar-refractivity contribution in [3.05, 3.63) is 22.7 Å². The molecule has 1 N–H and O–H groups in total. The second kappa shape index (κ2) is 8.01. The predicted octanol–water partition coefficient (Wildman–Crippen LogP) is 2.75. The maximum absolute atomic E-state index is 11.3. The van der Waals surface area contributed by atoms with Crippen LogP contribution < -0.4 is 14.8 Å². The monoisotopic (exact) mass is 331 g/mol. The third-order valence-corrected chi connectivity index (χ3v) is 5.14. The van der Waals surface area contributed by atoms with Gasteiger partial charge in [0.25, 0.3) is 0 Å². The Labute approximate surface area is 133 Å². The maximum atomic E-state index is 11.3. The minimum atomic E-state index is -0.763. The van der Waals surface area contributed by atoms with Crippen LogP contribution in [0.4, 0.5) is 0 Å². The Hall–Kier alpha value is -0.780. The maximum Gasteiger partial charge on any atom is 0.179 e. The molecule has 1 heterocycles. The van der Waals surface area contributed by atoms with Gasteiger partial charge in [0.15, 0.2) is 11.5 Å². The van der Waals surface area contributed by atoms with E-state index in [1.165, 1.54) is 0 Å². The van der Waals surface area contributed by atoms with Crippen molar-refractivity contribution >= 4 is 22.4 Å². The van der Waals surface area contributed by atoms with Crippen LogP contribution in [0.5, 0.6) is 11.5 Å². The lowest BCUT2D eigenvalue weighted by Gasteiger charge is -2.13. The highest BCUT2D eigenvalue weighted by Crippen LogP contribution is 2.37. The molecule has 0 amide bonds. The molecule has 0 saturated carbocycles. The fraction of sp³-hybridized carbons (Fsp3) is 0.600. The SMILES string of the molecule is CC(CCNCc1cc(Cl)c2c(c1)OCCCO2)S(C)=O. The molecular weight excluding hydrogens is 310 g/mol. The molecule has 118 valence electrons. The highest BCUT2D eigenvalue weighted by molar-refractivity contribution is 7.84. The summed E-state index contributed by atoms with van der Waals surface area (Å²) in [6, 6.07) is 3.88. The van der Waals surface area contributed by atoms with Gasteiger partial charge in [0, 0.05) is 35.3 Å². The van der Waals surface area contributed by atoms with E-state index in [9.17, 15) is 4.21 Å². The lowest BCUT2D eigenvalue weighted by atomic mass is 10.2. The van der Waals surface area contributed by atoms with E-state index in [0.29, 0.717) is 30.5 Å². The van der Waals surface area contributed by atoms with Gasteiger partial charge in [0.05, 0.1) is 18.2 Å². The zero-order valence-corrected chi connectivity index (χ0v) is 14.1. The van der Waals surface area contributed by atoms with E-state index in [1.807, 2.05) is 19.1 Å². The van der Waals surface area contributed by atoms with Crippen LogP contribution in [-0.4, -0.2) is 35.5 Å². The highest BCUT2D eigenvalue weighted by atomic mass is 35.5. The van der Waals surface area contributed by atoms with Gasteiger partial charge in [-0.1, -0.05) is 18.5 Å². The Balaban J connectivity index is 1.91. The third kappa shape index (κ3) is 4.87. The summed E-state index contributed by atoms with van der Waals surface area (Å²) in [4.78, 5) is 0. The summed E-state index contributed by atoms with van der Waals surface area (Å²) in [5.74, 6) is 1.37. The Morgan fingerprint density at radius 1 is 1.38 bits per heavy atom. The summed E-state index contributed by atoms with van der Waals surface area (Å²) in [6.45, 7) is 4.82. The van der Waals surface area contributed by atoms with Crippen LogP contribution >= 0.6 is 11.6 Å². The summed E-state index contributed by atoms with van der Waals surface area (Å²) in [7, 11) is -0.763. The molecular formula is C15H22ClNO3S. The van der Waals surface area contributed by atoms with Gasteiger partial charge in [-0.2, -0.15) is 0 Å². The first-order chi connectivity index (χ1) is 10.1. The highest BCUT2D eigenvalue weighted by Gasteiger charge is 2.15. The molecule has 1 aliphatic heterocycles. The van der Waals surface area contributed by atoms with Crippen molar-refractivity contribution in [3.63, 3.8) is 0 Å². The largest absolute Gasteiger partial charge is 0.489 e. The quantitative estimate of drug-likeness (QED) is 0.814. The molecule has 1 aromatic carbocycles. The van der Waals surface area contributed by atoms with Crippen LogP contribution in [0.3, 0.4) is 0 Å². The molecule has 4 nitrogen and oxygen atoms in total. The number of hydrogen-bond acceptors (Lipinski definition) is 4. The molecule has 6 heteroatoms. The molecule has 2 rings (SSSR count). The minimum Gasteiger partial charge on any atom is -0.489 e. The molecule has 1 aromatic rings. The van der Waals surface area contributed by atoms with E-state index in [0.717, 1.165) is 30.7 Å². The molecule has 0 radical (unpaired) electrons. The fourth-order valence-electron chi connectivity index (χ4n) is 2.09. The molecule has 0 bridgehead atoms. The average Bonchev–Trinajstić information content (AvgIpc) is 2.69. The van der Waals surface area contributed by atoms with Crippen molar-refractivity contribution in [2.45, 2.75) is 31.6 Å². The molecule has 0 saturated heterocycles. The minimum absolute atomic E-state index is 0.213. The summed E-state index contributed by atoms with van der Waals surface area (Å²) >= 11 is 6.25. The number of fused-ring (bicyclic) bond motifs is 1. The van der Waals surface area contributed by atoms with Gasteiger partial charge in [-0.05, 0) is 30.7 Å². The van der Waals surface area contributed by atoms with Gasteiger partial charge in [0.1, 0.15) is 0 Å². The van der Waals surface area contributed by atoms with Gasteiger partial charge in [-0.3, -0.25) is 4.21 Å². The van der Waals surface area contributed by atoms with Crippen molar-refractivity contribution in [1.29, 1.82) is 0 Å². The fourth-order valence-corrected chi connectivity index (χ4v) is 2.83. The normalized spacial score (nSPS) is 17.1. The number of nitrogens with one attached hydrogen (secondary N) is 1. The zero-order valence-electron chi connectivity index (χ0n) is 12.5. The number of rotatable bonds is 6. The van der Waals surface area contributed by atoms with Gasteiger partial charge in [0.2, 0.25) is 0 Å². The van der Waals surface area contributed by atoms with Crippen molar-refractivity contribution in [2.75, 3.05) is 26.0 Å². The average molecular weight is 332 g/mol.